The third kappa shape index (κ3) is 8.60. The van der Waals surface area contributed by atoms with Gasteiger partial charge in [0, 0.05) is 37.1 Å². The van der Waals surface area contributed by atoms with Crippen molar-refractivity contribution in [3.8, 4) is 0 Å². The number of halogens is 4. The van der Waals surface area contributed by atoms with Gasteiger partial charge in [-0.3, -0.25) is 9.59 Å². The molecular weight excluding hydrogens is 626 g/mol. The minimum Gasteiger partial charge on any atom is -0.461 e. The number of rotatable bonds is 9. The summed E-state index contributed by atoms with van der Waals surface area (Å²) >= 11 is 25.6. The number of fused-ring (bicyclic) bond motifs is 1. The lowest BCUT2D eigenvalue weighted by molar-refractivity contribution is -0.137. The maximum absolute atomic E-state index is 13.3. The lowest BCUT2D eigenvalue weighted by Gasteiger charge is -2.18. The first kappa shape index (κ1) is 31.1. The number of nitrogens with one attached hydrogen (secondary N) is 2. The van der Waals surface area contributed by atoms with Gasteiger partial charge in [-0.25, -0.2) is 4.79 Å². The van der Waals surface area contributed by atoms with Gasteiger partial charge in [0.1, 0.15) is 11.6 Å². The molecule has 41 heavy (non-hydrogen) atoms. The maximum Gasteiger partial charge on any atom is 0.330 e. The number of hydrogen-bond acceptors (Lipinski definition) is 5. The largest absolute Gasteiger partial charge is 0.461 e. The Kier molecular flexibility index (Phi) is 10.9. The molecule has 2 aromatic carbocycles. The average molecular weight is 652 g/mol. The third-order valence-corrected chi connectivity index (χ3v) is 8.64. The molecule has 11 heteroatoms. The molecule has 3 aromatic rings. The maximum atomic E-state index is 13.3. The van der Waals surface area contributed by atoms with E-state index in [2.05, 4.69) is 17.6 Å². The molecule has 1 aliphatic carbocycles. The second kappa shape index (κ2) is 14.4. The van der Waals surface area contributed by atoms with Crippen molar-refractivity contribution < 1.29 is 19.1 Å². The number of benzene rings is 2. The number of thiophene rings is 1. The highest BCUT2D eigenvalue weighted by Gasteiger charge is 2.28. The minimum atomic E-state index is -0.576. The van der Waals surface area contributed by atoms with E-state index in [1.54, 1.807) is 42.5 Å². The lowest BCUT2D eigenvalue weighted by Crippen LogP contribution is -2.29. The quantitative estimate of drug-likeness (QED) is 0.139. The van der Waals surface area contributed by atoms with E-state index in [9.17, 15) is 14.4 Å². The summed E-state index contributed by atoms with van der Waals surface area (Å²) in [7, 11) is 0. The van der Waals surface area contributed by atoms with Crippen molar-refractivity contribution >= 4 is 92.7 Å². The Hall–Kier alpha value is -2.81. The molecule has 0 aliphatic heterocycles. The zero-order valence-electron chi connectivity index (χ0n) is 21.9. The van der Waals surface area contributed by atoms with Crippen LogP contribution < -0.4 is 10.6 Å². The normalized spacial score (nSPS) is 14.7. The Morgan fingerprint density at radius 3 is 2.24 bits per heavy atom. The van der Waals surface area contributed by atoms with Crippen molar-refractivity contribution in [2.75, 3.05) is 18.5 Å². The second-order valence-electron chi connectivity index (χ2n) is 9.47. The van der Waals surface area contributed by atoms with Crippen molar-refractivity contribution in [2.45, 2.75) is 26.2 Å². The van der Waals surface area contributed by atoms with Crippen molar-refractivity contribution in [3.63, 3.8) is 0 Å². The number of esters is 1. The van der Waals surface area contributed by atoms with Gasteiger partial charge in [-0.2, -0.15) is 0 Å². The molecule has 1 unspecified atom stereocenters. The summed E-state index contributed by atoms with van der Waals surface area (Å²) in [6, 6.07) is 9.94. The Morgan fingerprint density at radius 1 is 0.976 bits per heavy atom. The van der Waals surface area contributed by atoms with Gasteiger partial charge in [-0.1, -0.05) is 65.5 Å². The summed E-state index contributed by atoms with van der Waals surface area (Å²) in [6.07, 6.45) is 8.28. The van der Waals surface area contributed by atoms with Gasteiger partial charge in [0.2, 0.25) is 5.91 Å². The highest BCUT2D eigenvalue weighted by atomic mass is 35.5. The van der Waals surface area contributed by atoms with E-state index in [1.165, 1.54) is 29.6 Å². The molecule has 1 heterocycles. The number of carbonyl (C=O) groups excluding carboxylic acids is 3. The van der Waals surface area contributed by atoms with E-state index in [4.69, 9.17) is 51.1 Å². The van der Waals surface area contributed by atoms with Crippen molar-refractivity contribution in [1.29, 1.82) is 0 Å². The Balaban J connectivity index is 1.38. The zero-order chi connectivity index (χ0) is 29.5. The van der Waals surface area contributed by atoms with Crippen LogP contribution in [0.25, 0.3) is 12.2 Å². The fourth-order valence-corrected chi connectivity index (χ4v) is 6.64. The van der Waals surface area contributed by atoms with E-state index in [0.29, 0.717) is 47.7 Å². The van der Waals surface area contributed by atoms with Gasteiger partial charge in [0.05, 0.1) is 12.1 Å². The summed E-state index contributed by atoms with van der Waals surface area (Å²) in [4.78, 5) is 39.2. The Bertz CT molecular complexity index is 1530. The van der Waals surface area contributed by atoms with Gasteiger partial charge in [-0.05, 0) is 78.3 Å². The van der Waals surface area contributed by atoms with E-state index in [0.717, 1.165) is 29.7 Å². The predicted octanol–water partition coefficient (Wildman–Crippen LogP) is 8.12. The molecule has 0 fully saturated rings. The Labute approximate surface area is 262 Å². The van der Waals surface area contributed by atoms with Crippen LogP contribution in [0.2, 0.25) is 20.1 Å². The van der Waals surface area contributed by atoms with Crippen LogP contribution in [0.1, 0.15) is 45.3 Å². The van der Waals surface area contributed by atoms with Crippen LogP contribution in [0, 0.1) is 5.92 Å². The molecule has 0 bridgehead atoms. The summed E-state index contributed by atoms with van der Waals surface area (Å²) in [5, 5.41) is 7.98. The SMILES string of the molecule is CC1CCc2c(sc(NC(=O)/C=C/c3ccc(Cl)cc3Cl)c2C(=O)NCCOC(=O)/C=C/c2ccc(Cl)cc2Cl)C1. The topological polar surface area (TPSA) is 84.5 Å². The fraction of sp³-hybridized carbons (Fsp3) is 0.233. The molecule has 0 saturated heterocycles. The molecule has 2 amide bonds. The van der Waals surface area contributed by atoms with Crippen LogP contribution in [0.15, 0.2) is 48.6 Å². The van der Waals surface area contributed by atoms with Gasteiger partial charge >= 0.3 is 5.97 Å². The molecule has 0 radical (unpaired) electrons. The van der Waals surface area contributed by atoms with Crippen LogP contribution in [0.3, 0.4) is 0 Å². The number of anilines is 1. The molecule has 2 N–H and O–H groups in total. The van der Waals surface area contributed by atoms with Crippen molar-refractivity contribution in [1.82, 2.24) is 5.32 Å². The molecule has 1 aliphatic rings. The van der Waals surface area contributed by atoms with Gasteiger partial charge in [0.25, 0.3) is 5.91 Å². The molecule has 0 spiro atoms. The average Bonchev–Trinajstić information content (AvgIpc) is 3.26. The van der Waals surface area contributed by atoms with Gasteiger partial charge < -0.3 is 15.4 Å². The van der Waals surface area contributed by atoms with Gasteiger partial charge in [-0.15, -0.1) is 11.3 Å². The standard InChI is InChI=1S/C30H26Cl4N2O4S/c1-17-2-9-22-25(14-17)41-30(36-26(37)10-5-18-3-7-20(31)15-23(18)33)28(22)29(39)35-12-13-40-27(38)11-6-19-4-8-21(32)16-24(19)34/h3-8,10-11,15-17H,2,9,12-14H2,1H3,(H,35,39)(H,36,37)/b10-5+,11-6+. The van der Waals surface area contributed by atoms with Crippen LogP contribution in [-0.4, -0.2) is 30.9 Å². The minimum absolute atomic E-state index is 0.0289. The lowest BCUT2D eigenvalue weighted by atomic mass is 9.88. The predicted molar refractivity (Wildman–Crippen MR) is 168 cm³/mol. The van der Waals surface area contributed by atoms with Crippen molar-refractivity contribution in [2.24, 2.45) is 5.92 Å². The number of amides is 2. The van der Waals surface area contributed by atoms with Crippen molar-refractivity contribution in [3.05, 3.63) is 95.8 Å². The zero-order valence-corrected chi connectivity index (χ0v) is 25.8. The molecule has 4 rings (SSSR count). The smallest absolute Gasteiger partial charge is 0.330 e. The summed E-state index contributed by atoms with van der Waals surface area (Å²) < 4.78 is 5.20. The first-order valence-electron chi connectivity index (χ1n) is 12.8. The van der Waals surface area contributed by atoms with Crippen LogP contribution in [0.5, 0.6) is 0 Å². The molecular formula is C30H26Cl4N2O4S. The number of carbonyl (C=O) groups is 3. The molecule has 214 valence electrons. The molecule has 6 nitrogen and oxygen atoms in total. The number of hydrogen-bond donors (Lipinski definition) is 2. The first-order chi connectivity index (χ1) is 19.6. The monoisotopic (exact) mass is 650 g/mol. The van der Waals surface area contributed by atoms with E-state index < -0.39 is 11.9 Å². The fourth-order valence-electron chi connectivity index (χ4n) is 4.28. The number of ether oxygens (including phenoxy) is 1. The molecule has 1 aromatic heterocycles. The first-order valence-corrected chi connectivity index (χ1v) is 15.1. The van der Waals surface area contributed by atoms with Crippen LogP contribution >= 0.6 is 57.7 Å². The Morgan fingerprint density at radius 2 is 1.61 bits per heavy atom. The van der Waals surface area contributed by atoms with Gasteiger partial charge in [0.15, 0.2) is 0 Å². The van der Waals surface area contributed by atoms with E-state index >= 15 is 0 Å². The second-order valence-corrected chi connectivity index (χ2v) is 12.3. The van der Waals surface area contributed by atoms with Crippen LogP contribution in [-0.2, 0) is 27.2 Å². The summed E-state index contributed by atoms with van der Waals surface area (Å²) in [5.74, 6) is -0.815. The van der Waals surface area contributed by atoms with E-state index in [1.807, 2.05) is 0 Å². The van der Waals surface area contributed by atoms with Crippen LogP contribution in [0.4, 0.5) is 5.00 Å². The van der Waals surface area contributed by atoms with E-state index in [-0.39, 0.29) is 19.1 Å². The highest BCUT2D eigenvalue weighted by Crippen LogP contribution is 2.39. The molecule has 1 atom stereocenters. The summed E-state index contributed by atoms with van der Waals surface area (Å²) in [6.45, 7) is 2.24. The summed E-state index contributed by atoms with van der Waals surface area (Å²) in [5.41, 5.74) is 2.67. The third-order valence-electron chi connectivity index (χ3n) is 6.35. The highest BCUT2D eigenvalue weighted by molar-refractivity contribution is 7.17. The molecule has 0 saturated carbocycles.